The number of aromatic nitrogens is 4. The third-order valence-electron chi connectivity index (χ3n) is 5.73. The molecule has 4 rings (SSSR count). The third kappa shape index (κ3) is 5.28. The summed E-state index contributed by atoms with van der Waals surface area (Å²) in [5.74, 6) is -0.148. The number of imidazole rings is 1. The molecule has 1 aliphatic rings. The first-order chi connectivity index (χ1) is 16.4. The number of nitrogens with zero attached hydrogens (tertiary/aromatic N) is 5. The molecule has 3 aromatic rings. The van der Waals surface area contributed by atoms with Crippen LogP contribution in [0.15, 0.2) is 43.0 Å². The highest BCUT2D eigenvalue weighted by molar-refractivity contribution is 7.56. The zero-order valence-corrected chi connectivity index (χ0v) is 20.1. The van der Waals surface area contributed by atoms with Crippen molar-refractivity contribution in [2.75, 3.05) is 32.3 Å². The number of rotatable bonds is 9. The summed E-state index contributed by atoms with van der Waals surface area (Å²) < 4.78 is 34.1. The third-order valence-corrected chi connectivity index (χ3v) is 8.05. The minimum atomic E-state index is -3.44. The fourth-order valence-corrected chi connectivity index (χ4v) is 6.28. The lowest BCUT2D eigenvalue weighted by molar-refractivity contribution is -0.145. The Morgan fingerprint density at radius 3 is 2.82 bits per heavy atom. The standard InChI is InChI=1S/C22H29N6O5P/c1-16(12-27-14-26-19-20(23)24-13-25-21(19)27)32-15-34(30)28(9-6-10-33-34)18(22(29)31-2)11-17-7-4-3-5-8-17/h3-5,7-8,13-14,16,18H,6,9-12,15H2,1-2H3,(H2,23,24,25)/t16-,18+,34?/m1/s1. The molecule has 1 unspecified atom stereocenters. The molecule has 0 spiro atoms. The average Bonchev–Trinajstić information content (AvgIpc) is 3.26. The van der Waals surface area contributed by atoms with Crippen molar-refractivity contribution >= 4 is 30.5 Å². The van der Waals surface area contributed by atoms with Crippen LogP contribution < -0.4 is 5.73 Å². The van der Waals surface area contributed by atoms with Gasteiger partial charge in [0, 0.05) is 6.54 Å². The lowest BCUT2D eigenvalue weighted by Gasteiger charge is -2.39. The van der Waals surface area contributed by atoms with Gasteiger partial charge >= 0.3 is 5.97 Å². The topological polar surface area (TPSA) is 135 Å². The summed E-state index contributed by atoms with van der Waals surface area (Å²) in [6.45, 7) is 3.06. The summed E-state index contributed by atoms with van der Waals surface area (Å²) in [5.41, 5.74) is 7.91. The Bertz CT molecular complexity index is 1170. The monoisotopic (exact) mass is 488 g/mol. The van der Waals surface area contributed by atoms with Crippen molar-refractivity contribution in [1.82, 2.24) is 24.2 Å². The predicted molar refractivity (Wildman–Crippen MR) is 126 cm³/mol. The number of esters is 1. The number of fused-ring (bicyclic) bond motifs is 1. The summed E-state index contributed by atoms with van der Waals surface area (Å²) in [6.07, 6.45) is 3.53. The molecule has 182 valence electrons. The first-order valence-electron chi connectivity index (χ1n) is 11.1. The number of benzene rings is 1. The van der Waals surface area contributed by atoms with E-state index >= 15 is 0 Å². The fourth-order valence-electron chi connectivity index (χ4n) is 4.01. The number of carbonyl (C=O) groups excluding carboxylic acids is 1. The van der Waals surface area contributed by atoms with Crippen LogP contribution in [0.5, 0.6) is 0 Å². The normalized spacial score (nSPS) is 20.8. The lowest BCUT2D eigenvalue weighted by atomic mass is 10.1. The number of nitrogen functional groups attached to an aromatic ring is 1. The summed E-state index contributed by atoms with van der Waals surface area (Å²) in [5, 5.41) is 0. The van der Waals surface area contributed by atoms with Crippen LogP contribution in [0.2, 0.25) is 0 Å². The van der Waals surface area contributed by atoms with Gasteiger partial charge in [-0.15, -0.1) is 0 Å². The molecular weight excluding hydrogens is 459 g/mol. The number of hydrogen-bond donors (Lipinski definition) is 1. The second-order valence-electron chi connectivity index (χ2n) is 8.15. The smallest absolute Gasteiger partial charge is 0.323 e. The SMILES string of the molecule is COC(=O)[C@H](Cc1ccccc1)N1CCCOP1(=O)CO[C@H](C)Cn1cnc2c(N)ncnc21. The molecule has 0 aliphatic carbocycles. The molecule has 1 aliphatic heterocycles. The van der Waals surface area contributed by atoms with Crippen molar-refractivity contribution in [2.45, 2.75) is 38.5 Å². The van der Waals surface area contributed by atoms with E-state index in [1.807, 2.05) is 37.3 Å². The zero-order valence-electron chi connectivity index (χ0n) is 19.2. The first-order valence-corrected chi connectivity index (χ1v) is 12.8. The van der Waals surface area contributed by atoms with Crippen LogP contribution in [0.1, 0.15) is 18.9 Å². The summed E-state index contributed by atoms with van der Waals surface area (Å²) >= 11 is 0. The van der Waals surface area contributed by atoms with Gasteiger partial charge in [-0.2, -0.15) is 0 Å². The Labute approximate surface area is 197 Å². The maximum absolute atomic E-state index is 13.9. The molecule has 0 bridgehead atoms. The Hall–Kier alpha value is -2.85. The van der Waals surface area contributed by atoms with E-state index in [1.165, 1.54) is 13.4 Å². The zero-order chi connectivity index (χ0) is 24.1. The van der Waals surface area contributed by atoms with Gasteiger partial charge in [-0.25, -0.2) is 19.6 Å². The number of carbonyl (C=O) groups is 1. The van der Waals surface area contributed by atoms with Gasteiger partial charge in [0.1, 0.15) is 24.2 Å². The van der Waals surface area contributed by atoms with Gasteiger partial charge in [-0.3, -0.25) is 9.36 Å². The van der Waals surface area contributed by atoms with Gasteiger partial charge in [0.15, 0.2) is 11.5 Å². The quantitative estimate of drug-likeness (QED) is 0.353. The number of hydrogen-bond acceptors (Lipinski definition) is 9. The molecule has 1 aromatic carbocycles. The maximum Gasteiger partial charge on any atom is 0.323 e. The molecule has 1 fully saturated rings. The van der Waals surface area contributed by atoms with Crippen LogP contribution in [0.4, 0.5) is 5.82 Å². The van der Waals surface area contributed by atoms with Crippen molar-refractivity contribution in [1.29, 1.82) is 0 Å². The average molecular weight is 488 g/mol. The fraction of sp³-hybridized carbons (Fsp3) is 0.455. The molecule has 2 N–H and O–H groups in total. The van der Waals surface area contributed by atoms with Crippen LogP contribution >= 0.6 is 7.52 Å². The molecule has 0 saturated carbocycles. The van der Waals surface area contributed by atoms with Crippen molar-refractivity contribution in [3.05, 3.63) is 48.5 Å². The second kappa shape index (κ2) is 10.6. The number of nitrogens with two attached hydrogens (primary N) is 1. The maximum atomic E-state index is 13.9. The van der Waals surface area contributed by atoms with Gasteiger partial charge in [-0.05, 0) is 25.3 Å². The van der Waals surface area contributed by atoms with Crippen molar-refractivity contribution in [3.63, 3.8) is 0 Å². The van der Waals surface area contributed by atoms with Crippen LogP contribution in [0.3, 0.4) is 0 Å². The van der Waals surface area contributed by atoms with E-state index < -0.39 is 19.5 Å². The number of anilines is 1. The molecule has 0 radical (unpaired) electrons. The molecule has 12 heteroatoms. The molecule has 0 amide bonds. The van der Waals surface area contributed by atoms with Crippen LogP contribution in [-0.4, -0.2) is 68.9 Å². The number of methoxy groups -OCH3 is 1. The first kappa shape index (κ1) is 24.3. The van der Waals surface area contributed by atoms with Gasteiger partial charge in [0.05, 0.1) is 32.7 Å². The van der Waals surface area contributed by atoms with Crippen molar-refractivity contribution < 1.29 is 23.4 Å². The van der Waals surface area contributed by atoms with E-state index in [1.54, 1.807) is 15.6 Å². The summed E-state index contributed by atoms with van der Waals surface area (Å²) in [4.78, 5) is 25.1. The van der Waals surface area contributed by atoms with Gasteiger partial charge in [-0.1, -0.05) is 30.3 Å². The van der Waals surface area contributed by atoms with Crippen LogP contribution in [0.25, 0.3) is 11.2 Å². The minimum absolute atomic E-state index is 0.153. The Kier molecular flexibility index (Phi) is 7.57. The Morgan fingerprint density at radius 1 is 1.26 bits per heavy atom. The summed E-state index contributed by atoms with van der Waals surface area (Å²) in [6, 6.07) is 8.82. The van der Waals surface area contributed by atoms with E-state index in [-0.39, 0.29) is 12.5 Å². The minimum Gasteiger partial charge on any atom is -0.468 e. The molecule has 34 heavy (non-hydrogen) atoms. The molecule has 2 aromatic heterocycles. The van der Waals surface area contributed by atoms with E-state index in [0.29, 0.717) is 49.5 Å². The molecule has 1 saturated heterocycles. The largest absolute Gasteiger partial charge is 0.468 e. The Balaban J connectivity index is 1.47. The second-order valence-corrected chi connectivity index (χ2v) is 10.5. The predicted octanol–water partition coefficient (Wildman–Crippen LogP) is 2.47. The highest BCUT2D eigenvalue weighted by atomic mass is 31.2. The molecular formula is C22H29N6O5P. The van der Waals surface area contributed by atoms with Crippen LogP contribution in [0, 0.1) is 0 Å². The van der Waals surface area contributed by atoms with E-state index in [2.05, 4.69) is 15.0 Å². The number of ether oxygens (including phenoxy) is 2. The lowest BCUT2D eigenvalue weighted by Crippen LogP contribution is -2.45. The van der Waals surface area contributed by atoms with E-state index in [4.69, 9.17) is 19.7 Å². The molecule has 11 nitrogen and oxygen atoms in total. The van der Waals surface area contributed by atoms with E-state index in [0.717, 1.165) is 5.56 Å². The van der Waals surface area contributed by atoms with Gasteiger partial charge in [0.25, 0.3) is 7.52 Å². The van der Waals surface area contributed by atoms with Gasteiger partial charge < -0.3 is 24.3 Å². The van der Waals surface area contributed by atoms with E-state index in [9.17, 15) is 9.36 Å². The van der Waals surface area contributed by atoms with Gasteiger partial charge in [0.2, 0.25) is 0 Å². The highest BCUT2D eigenvalue weighted by Crippen LogP contribution is 2.55. The van der Waals surface area contributed by atoms with Crippen molar-refractivity contribution in [2.24, 2.45) is 0 Å². The highest BCUT2D eigenvalue weighted by Gasteiger charge is 2.43. The molecule has 3 atom stereocenters. The van der Waals surface area contributed by atoms with Crippen molar-refractivity contribution in [3.8, 4) is 0 Å². The van der Waals surface area contributed by atoms with Crippen LogP contribution in [-0.2, 0) is 36.3 Å². The molecule has 3 heterocycles. The Morgan fingerprint density at radius 2 is 2.06 bits per heavy atom. The summed E-state index contributed by atoms with van der Waals surface area (Å²) in [7, 11) is -2.11.